The van der Waals surface area contributed by atoms with Gasteiger partial charge in [-0.25, -0.2) is 0 Å². The van der Waals surface area contributed by atoms with Crippen molar-refractivity contribution in [3.8, 4) is 11.5 Å². The number of carboxylic acid groups (broad SMARTS) is 1. The lowest BCUT2D eigenvalue weighted by molar-refractivity contribution is -0.144. The van der Waals surface area contributed by atoms with Gasteiger partial charge in [0.1, 0.15) is 6.04 Å². The van der Waals surface area contributed by atoms with Crippen LogP contribution in [0.4, 0.5) is 0 Å². The van der Waals surface area contributed by atoms with Crippen molar-refractivity contribution in [2.24, 2.45) is 0 Å². The molecule has 0 aliphatic carbocycles. The van der Waals surface area contributed by atoms with Gasteiger partial charge in [0.15, 0.2) is 11.5 Å². The van der Waals surface area contributed by atoms with Crippen molar-refractivity contribution in [2.75, 3.05) is 46.4 Å². The van der Waals surface area contributed by atoms with Crippen LogP contribution in [0.5, 0.6) is 11.5 Å². The minimum absolute atomic E-state index is 0.539. The molecule has 23 heavy (non-hydrogen) atoms. The third-order valence-corrected chi connectivity index (χ3v) is 4.26. The number of carbonyl (C=O) groups is 1. The minimum Gasteiger partial charge on any atom is -0.493 e. The van der Waals surface area contributed by atoms with Gasteiger partial charge < -0.3 is 19.5 Å². The van der Waals surface area contributed by atoms with E-state index in [9.17, 15) is 9.90 Å². The Morgan fingerprint density at radius 1 is 1.22 bits per heavy atom. The molecule has 1 fully saturated rings. The Kier molecular flexibility index (Phi) is 6.24. The fourth-order valence-corrected chi connectivity index (χ4v) is 2.98. The molecule has 1 atom stereocenters. The Hall–Kier alpha value is -1.79. The average molecular weight is 322 g/mol. The first-order valence-corrected chi connectivity index (χ1v) is 8.10. The van der Waals surface area contributed by atoms with Crippen molar-refractivity contribution in [2.45, 2.75) is 19.9 Å². The van der Waals surface area contributed by atoms with Crippen LogP contribution >= 0.6 is 0 Å². The molecule has 0 amide bonds. The number of piperazine rings is 1. The molecule has 0 saturated carbocycles. The summed E-state index contributed by atoms with van der Waals surface area (Å²) in [6.45, 7) is 8.87. The van der Waals surface area contributed by atoms with Crippen LogP contribution in [-0.4, -0.2) is 67.3 Å². The maximum atomic E-state index is 11.8. The highest BCUT2D eigenvalue weighted by Gasteiger charge is 2.30. The summed E-state index contributed by atoms with van der Waals surface area (Å²) in [6, 6.07) is 4.73. The maximum Gasteiger partial charge on any atom is 0.325 e. The molecule has 128 valence electrons. The fourth-order valence-electron chi connectivity index (χ4n) is 2.98. The van der Waals surface area contributed by atoms with Crippen LogP contribution in [0.2, 0.25) is 0 Å². The second-order valence-electron chi connectivity index (χ2n) is 5.55. The molecular formula is C17H26N2O4. The first-order chi connectivity index (χ1) is 11.1. The Bertz CT molecular complexity index is 527. The molecule has 1 aliphatic rings. The highest BCUT2D eigenvalue weighted by atomic mass is 16.5. The number of methoxy groups -OCH3 is 1. The molecule has 1 heterocycles. The summed E-state index contributed by atoms with van der Waals surface area (Å²) in [7, 11) is 1.57. The van der Waals surface area contributed by atoms with Crippen molar-refractivity contribution in [1.82, 2.24) is 9.80 Å². The monoisotopic (exact) mass is 322 g/mol. The molecule has 1 aromatic rings. The van der Waals surface area contributed by atoms with Gasteiger partial charge in [-0.2, -0.15) is 0 Å². The first-order valence-electron chi connectivity index (χ1n) is 8.10. The summed E-state index contributed by atoms with van der Waals surface area (Å²) in [4.78, 5) is 16.2. The number of benzene rings is 1. The van der Waals surface area contributed by atoms with Crippen molar-refractivity contribution in [1.29, 1.82) is 0 Å². The second kappa shape index (κ2) is 8.17. The molecule has 1 aliphatic heterocycles. The van der Waals surface area contributed by atoms with E-state index in [-0.39, 0.29) is 0 Å². The van der Waals surface area contributed by atoms with Gasteiger partial charge in [0, 0.05) is 26.2 Å². The van der Waals surface area contributed by atoms with E-state index in [1.54, 1.807) is 19.2 Å². The smallest absolute Gasteiger partial charge is 0.325 e. The molecule has 6 nitrogen and oxygen atoms in total. The molecule has 2 rings (SSSR count). The van der Waals surface area contributed by atoms with E-state index in [1.165, 1.54) is 0 Å². The number of hydrogen-bond acceptors (Lipinski definition) is 5. The molecule has 0 bridgehead atoms. The normalized spacial score (nSPS) is 17.7. The number of likely N-dealkylation sites (N-methyl/N-ethyl adjacent to an activating group) is 1. The zero-order valence-electron chi connectivity index (χ0n) is 14.1. The Labute approximate surface area is 137 Å². The standard InChI is InChI=1S/C17H26N2O4/c1-4-18-8-10-19(11-9-18)16(17(20)21)13-6-7-14(23-5-2)15(12-13)22-3/h6-7,12,16H,4-5,8-11H2,1-3H3,(H,20,21). The number of rotatable bonds is 7. The number of hydrogen-bond donors (Lipinski definition) is 1. The topological polar surface area (TPSA) is 62.2 Å². The Morgan fingerprint density at radius 2 is 1.91 bits per heavy atom. The average Bonchev–Trinajstić information content (AvgIpc) is 2.56. The largest absolute Gasteiger partial charge is 0.493 e. The van der Waals surface area contributed by atoms with Gasteiger partial charge in [-0.05, 0) is 31.2 Å². The van der Waals surface area contributed by atoms with Crippen LogP contribution < -0.4 is 9.47 Å². The van der Waals surface area contributed by atoms with Gasteiger partial charge in [-0.3, -0.25) is 9.69 Å². The summed E-state index contributed by atoms with van der Waals surface area (Å²) in [5, 5.41) is 9.71. The van der Waals surface area contributed by atoms with Gasteiger partial charge in [0.25, 0.3) is 0 Å². The molecule has 1 unspecified atom stereocenters. The third kappa shape index (κ3) is 4.14. The van der Waals surface area contributed by atoms with E-state index < -0.39 is 12.0 Å². The number of aliphatic carboxylic acids is 1. The van der Waals surface area contributed by atoms with E-state index in [2.05, 4.69) is 11.8 Å². The summed E-state index contributed by atoms with van der Waals surface area (Å²) in [6.07, 6.45) is 0. The Morgan fingerprint density at radius 3 is 2.43 bits per heavy atom. The third-order valence-electron chi connectivity index (χ3n) is 4.26. The van der Waals surface area contributed by atoms with Gasteiger partial charge in [0.05, 0.1) is 13.7 Å². The predicted molar refractivity (Wildman–Crippen MR) is 88.2 cm³/mol. The van der Waals surface area contributed by atoms with Gasteiger partial charge in [-0.1, -0.05) is 13.0 Å². The molecule has 0 aromatic heterocycles. The molecule has 0 spiro atoms. The molecule has 1 aromatic carbocycles. The van der Waals surface area contributed by atoms with Crippen molar-refractivity contribution in [3.63, 3.8) is 0 Å². The summed E-state index contributed by atoms with van der Waals surface area (Å²) in [5.41, 5.74) is 0.725. The van der Waals surface area contributed by atoms with Crippen molar-refractivity contribution < 1.29 is 19.4 Å². The number of ether oxygens (including phenoxy) is 2. The highest BCUT2D eigenvalue weighted by molar-refractivity contribution is 5.76. The van der Waals surface area contributed by atoms with E-state index in [1.807, 2.05) is 17.9 Å². The number of carboxylic acids is 1. The number of nitrogens with zero attached hydrogens (tertiary/aromatic N) is 2. The van der Waals surface area contributed by atoms with Gasteiger partial charge in [-0.15, -0.1) is 0 Å². The molecular weight excluding hydrogens is 296 g/mol. The molecule has 6 heteroatoms. The summed E-state index contributed by atoms with van der Waals surface area (Å²) >= 11 is 0. The Balaban J connectivity index is 2.22. The maximum absolute atomic E-state index is 11.8. The lowest BCUT2D eigenvalue weighted by Crippen LogP contribution is -2.49. The van der Waals surface area contributed by atoms with Crippen LogP contribution in [-0.2, 0) is 4.79 Å². The van der Waals surface area contributed by atoms with Crippen molar-refractivity contribution >= 4 is 5.97 Å². The van der Waals surface area contributed by atoms with Crippen LogP contribution in [0, 0.1) is 0 Å². The quantitative estimate of drug-likeness (QED) is 0.827. The van der Waals surface area contributed by atoms with Crippen LogP contribution in [0.1, 0.15) is 25.5 Å². The summed E-state index contributed by atoms with van der Waals surface area (Å²) < 4.78 is 10.9. The van der Waals surface area contributed by atoms with Crippen LogP contribution in [0.25, 0.3) is 0 Å². The zero-order chi connectivity index (χ0) is 16.8. The zero-order valence-corrected chi connectivity index (χ0v) is 14.1. The molecule has 1 N–H and O–H groups in total. The highest BCUT2D eigenvalue weighted by Crippen LogP contribution is 2.32. The van der Waals surface area contributed by atoms with Gasteiger partial charge in [0.2, 0.25) is 0 Å². The first kappa shape index (κ1) is 17.6. The lowest BCUT2D eigenvalue weighted by Gasteiger charge is -2.37. The van der Waals surface area contributed by atoms with Crippen LogP contribution in [0.3, 0.4) is 0 Å². The SMILES string of the molecule is CCOc1ccc(C(C(=O)O)N2CCN(CC)CC2)cc1OC. The fraction of sp³-hybridized carbons (Fsp3) is 0.588. The molecule has 1 saturated heterocycles. The minimum atomic E-state index is -0.832. The van der Waals surface area contributed by atoms with Crippen molar-refractivity contribution in [3.05, 3.63) is 23.8 Å². The van der Waals surface area contributed by atoms with E-state index in [0.29, 0.717) is 18.1 Å². The van der Waals surface area contributed by atoms with E-state index in [0.717, 1.165) is 38.3 Å². The summed E-state index contributed by atoms with van der Waals surface area (Å²) in [5.74, 6) is 0.377. The predicted octanol–water partition coefficient (Wildman–Crippen LogP) is 1.86. The van der Waals surface area contributed by atoms with E-state index >= 15 is 0 Å². The second-order valence-corrected chi connectivity index (χ2v) is 5.55. The lowest BCUT2D eigenvalue weighted by atomic mass is 10.0. The molecule has 0 radical (unpaired) electrons. The van der Waals surface area contributed by atoms with Gasteiger partial charge >= 0.3 is 5.97 Å². The van der Waals surface area contributed by atoms with Crippen LogP contribution in [0.15, 0.2) is 18.2 Å². The van der Waals surface area contributed by atoms with E-state index in [4.69, 9.17) is 9.47 Å².